The Bertz CT molecular complexity index is 221. The highest BCUT2D eigenvalue weighted by molar-refractivity contribution is 4.76. The number of hydrogen-bond donors (Lipinski definition) is 2. The highest BCUT2D eigenvalue weighted by Gasteiger charge is 2.21. The third kappa shape index (κ3) is 5.68. The molecule has 0 radical (unpaired) electrons. The van der Waals surface area contributed by atoms with Gasteiger partial charge in [-0.1, -0.05) is 13.8 Å². The molecule has 1 heterocycles. The van der Waals surface area contributed by atoms with Crippen LogP contribution in [0.5, 0.6) is 0 Å². The van der Waals surface area contributed by atoms with Crippen LogP contribution in [0.15, 0.2) is 0 Å². The van der Waals surface area contributed by atoms with Gasteiger partial charge in [-0.2, -0.15) is 0 Å². The minimum atomic E-state index is -0.662. The van der Waals surface area contributed by atoms with E-state index in [2.05, 4.69) is 18.7 Å². The Kier molecular flexibility index (Phi) is 6.61. The topological polar surface area (TPSA) is 49.5 Å². The molecule has 1 unspecified atom stereocenters. The lowest BCUT2D eigenvalue weighted by atomic mass is 9.86. The molecule has 0 spiro atoms. The smallest absolute Gasteiger partial charge is 0.0741 e. The molecule has 0 aromatic heterocycles. The van der Waals surface area contributed by atoms with Crippen LogP contribution in [0.4, 0.5) is 0 Å². The summed E-state index contributed by atoms with van der Waals surface area (Å²) >= 11 is 0. The van der Waals surface area contributed by atoms with Crippen LogP contribution in [0.25, 0.3) is 0 Å². The van der Waals surface area contributed by atoms with Crippen molar-refractivity contribution in [3.8, 4) is 0 Å². The monoisotopic (exact) mass is 256 g/mol. The maximum Gasteiger partial charge on any atom is 0.0741 e. The fourth-order valence-corrected chi connectivity index (χ4v) is 2.79. The van der Waals surface area contributed by atoms with E-state index in [0.717, 1.165) is 24.7 Å². The average molecular weight is 256 g/mol. The van der Waals surface area contributed by atoms with Gasteiger partial charge in [-0.25, -0.2) is 0 Å². The van der Waals surface area contributed by atoms with E-state index in [0.29, 0.717) is 6.54 Å². The third-order valence-electron chi connectivity index (χ3n) is 4.45. The van der Waals surface area contributed by atoms with Crippen molar-refractivity contribution < 1.29 is 5.11 Å². The quantitative estimate of drug-likeness (QED) is 0.687. The fourth-order valence-electron chi connectivity index (χ4n) is 2.79. The third-order valence-corrected chi connectivity index (χ3v) is 4.45. The van der Waals surface area contributed by atoms with Gasteiger partial charge in [0.15, 0.2) is 0 Å². The van der Waals surface area contributed by atoms with Gasteiger partial charge in [0.2, 0.25) is 0 Å². The maximum atomic E-state index is 9.82. The van der Waals surface area contributed by atoms with Crippen LogP contribution < -0.4 is 5.73 Å². The Balaban J connectivity index is 2.08. The SMILES string of the molecule is CC(C)C1CCN(CCCCC(C)(O)CN)CC1. The predicted octanol–water partition coefficient (Wildman–Crippen LogP) is 2.23. The standard InChI is InChI=1S/C15H32N2O/c1-13(2)14-6-10-17(11-7-14)9-5-4-8-15(3,18)12-16/h13-14,18H,4-12,16H2,1-3H3. The summed E-state index contributed by atoms with van der Waals surface area (Å²) in [6.07, 6.45) is 5.80. The number of hydrogen-bond acceptors (Lipinski definition) is 3. The van der Waals surface area contributed by atoms with E-state index in [-0.39, 0.29) is 0 Å². The van der Waals surface area contributed by atoms with Gasteiger partial charge in [0, 0.05) is 6.54 Å². The summed E-state index contributed by atoms with van der Waals surface area (Å²) in [4.78, 5) is 2.58. The van der Waals surface area contributed by atoms with Crippen LogP contribution in [-0.2, 0) is 0 Å². The largest absolute Gasteiger partial charge is 0.389 e. The predicted molar refractivity (Wildman–Crippen MR) is 77.5 cm³/mol. The summed E-state index contributed by atoms with van der Waals surface area (Å²) in [5.74, 6) is 1.77. The van der Waals surface area contributed by atoms with Crippen molar-refractivity contribution in [2.75, 3.05) is 26.2 Å². The number of aliphatic hydroxyl groups is 1. The number of nitrogens with two attached hydrogens (primary N) is 1. The molecular weight excluding hydrogens is 224 g/mol. The number of likely N-dealkylation sites (tertiary alicyclic amines) is 1. The Hall–Kier alpha value is -0.120. The van der Waals surface area contributed by atoms with E-state index in [1.54, 1.807) is 0 Å². The summed E-state index contributed by atoms with van der Waals surface area (Å²) in [7, 11) is 0. The van der Waals surface area contributed by atoms with Gasteiger partial charge in [0.1, 0.15) is 0 Å². The molecule has 1 aliphatic rings. The van der Waals surface area contributed by atoms with Crippen LogP contribution in [0.2, 0.25) is 0 Å². The second kappa shape index (κ2) is 7.46. The lowest BCUT2D eigenvalue weighted by Crippen LogP contribution is -2.36. The van der Waals surface area contributed by atoms with Gasteiger partial charge in [0.25, 0.3) is 0 Å². The molecule has 0 bridgehead atoms. The van der Waals surface area contributed by atoms with E-state index in [4.69, 9.17) is 5.73 Å². The number of rotatable bonds is 7. The first-order chi connectivity index (χ1) is 8.44. The zero-order valence-electron chi connectivity index (χ0n) is 12.5. The normalized spacial score (nSPS) is 22.3. The van der Waals surface area contributed by atoms with E-state index < -0.39 is 5.60 Å². The summed E-state index contributed by atoms with van der Waals surface area (Å²) in [6.45, 7) is 10.6. The molecule has 0 aromatic rings. The van der Waals surface area contributed by atoms with E-state index in [1.165, 1.54) is 38.9 Å². The fraction of sp³-hybridized carbons (Fsp3) is 1.00. The van der Waals surface area contributed by atoms with Gasteiger partial charge in [-0.05, 0) is 70.5 Å². The molecule has 18 heavy (non-hydrogen) atoms. The molecule has 1 fully saturated rings. The van der Waals surface area contributed by atoms with Gasteiger partial charge >= 0.3 is 0 Å². The Morgan fingerprint density at radius 3 is 2.39 bits per heavy atom. The van der Waals surface area contributed by atoms with Crippen molar-refractivity contribution in [2.24, 2.45) is 17.6 Å². The molecule has 1 saturated heterocycles. The average Bonchev–Trinajstić information content (AvgIpc) is 2.35. The van der Waals surface area contributed by atoms with Crippen molar-refractivity contribution in [2.45, 2.75) is 58.5 Å². The summed E-state index contributed by atoms with van der Waals surface area (Å²) < 4.78 is 0. The molecule has 1 atom stereocenters. The van der Waals surface area contributed by atoms with Crippen LogP contribution >= 0.6 is 0 Å². The molecule has 1 aliphatic heterocycles. The first-order valence-corrected chi connectivity index (χ1v) is 7.59. The van der Waals surface area contributed by atoms with Gasteiger partial charge in [-0.15, -0.1) is 0 Å². The molecule has 0 aliphatic carbocycles. The summed E-state index contributed by atoms with van der Waals surface area (Å²) in [5, 5.41) is 9.82. The molecule has 0 aromatic carbocycles. The van der Waals surface area contributed by atoms with Gasteiger partial charge < -0.3 is 15.7 Å². The summed E-state index contributed by atoms with van der Waals surface area (Å²) in [6, 6.07) is 0. The lowest BCUT2D eigenvalue weighted by molar-refractivity contribution is 0.0557. The minimum absolute atomic E-state index is 0.368. The first kappa shape index (κ1) is 15.9. The number of nitrogens with zero attached hydrogens (tertiary/aromatic N) is 1. The highest BCUT2D eigenvalue weighted by atomic mass is 16.3. The van der Waals surface area contributed by atoms with Crippen LogP contribution in [-0.4, -0.2) is 41.8 Å². The second-order valence-corrected chi connectivity index (χ2v) is 6.58. The minimum Gasteiger partial charge on any atom is -0.389 e. The molecule has 0 amide bonds. The molecule has 3 heteroatoms. The molecule has 0 saturated carbocycles. The van der Waals surface area contributed by atoms with E-state index in [9.17, 15) is 5.11 Å². The number of unbranched alkanes of at least 4 members (excludes halogenated alkanes) is 1. The van der Waals surface area contributed by atoms with Crippen LogP contribution in [0.1, 0.15) is 52.9 Å². The maximum absolute atomic E-state index is 9.82. The molecule has 3 N–H and O–H groups in total. The Labute approximate surface area is 113 Å². The van der Waals surface area contributed by atoms with Crippen molar-refractivity contribution >= 4 is 0 Å². The van der Waals surface area contributed by atoms with Crippen molar-refractivity contribution in [1.29, 1.82) is 0 Å². The van der Waals surface area contributed by atoms with Crippen LogP contribution in [0, 0.1) is 11.8 Å². The first-order valence-electron chi connectivity index (χ1n) is 7.59. The van der Waals surface area contributed by atoms with Gasteiger partial charge in [0.05, 0.1) is 5.60 Å². The molecule has 3 nitrogen and oxygen atoms in total. The molecule has 108 valence electrons. The van der Waals surface area contributed by atoms with Crippen molar-refractivity contribution in [3.05, 3.63) is 0 Å². The molecular formula is C15H32N2O. The molecule has 1 rings (SSSR count). The Morgan fingerprint density at radius 2 is 1.89 bits per heavy atom. The number of piperidine rings is 1. The van der Waals surface area contributed by atoms with Crippen molar-refractivity contribution in [1.82, 2.24) is 4.90 Å². The van der Waals surface area contributed by atoms with E-state index >= 15 is 0 Å². The lowest BCUT2D eigenvalue weighted by Gasteiger charge is -2.34. The van der Waals surface area contributed by atoms with Crippen molar-refractivity contribution in [3.63, 3.8) is 0 Å². The highest BCUT2D eigenvalue weighted by Crippen LogP contribution is 2.24. The van der Waals surface area contributed by atoms with E-state index in [1.807, 2.05) is 6.92 Å². The van der Waals surface area contributed by atoms with Crippen LogP contribution in [0.3, 0.4) is 0 Å². The summed E-state index contributed by atoms with van der Waals surface area (Å²) in [5.41, 5.74) is 4.85. The Morgan fingerprint density at radius 1 is 1.28 bits per heavy atom. The zero-order chi connectivity index (χ0) is 13.6. The second-order valence-electron chi connectivity index (χ2n) is 6.58. The zero-order valence-corrected chi connectivity index (χ0v) is 12.5. The van der Waals surface area contributed by atoms with Gasteiger partial charge in [-0.3, -0.25) is 0 Å².